The molecule has 2 aromatic heterocycles. The van der Waals surface area contributed by atoms with Crippen LogP contribution in [0.5, 0.6) is 5.75 Å². The van der Waals surface area contributed by atoms with Crippen molar-refractivity contribution < 1.29 is 14.3 Å². The predicted octanol–water partition coefficient (Wildman–Crippen LogP) is 3.34. The molecule has 152 valence electrons. The van der Waals surface area contributed by atoms with Gasteiger partial charge >= 0.3 is 0 Å². The number of para-hydroxylation sites is 2. The Hall–Kier alpha value is -2.36. The predicted molar refractivity (Wildman–Crippen MR) is 114 cm³/mol. The van der Waals surface area contributed by atoms with Gasteiger partial charge < -0.3 is 14.4 Å². The summed E-state index contributed by atoms with van der Waals surface area (Å²) in [7, 11) is 1.64. The number of benzene rings is 1. The number of amides is 1. The highest BCUT2D eigenvalue weighted by Crippen LogP contribution is 2.34. The fraction of sp³-hybridized carbons (Fsp3) is 0.350. The number of carbonyl (C=O) groups is 1. The number of hydrogen-bond donors (Lipinski definition) is 0. The average Bonchev–Trinajstić information content (AvgIpc) is 3.41. The fourth-order valence-corrected chi connectivity index (χ4v) is 4.77. The Morgan fingerprint density at radius 1 is 1.31 bits per heavy atom. The van der Waals surface area contributed by atoms with Gasteiger partial charge in [0.2, 0.25) is 5.91 Å². The van der Waals surface area contributed by atoms with Crippen LogP contribution in [-0.2, 0) is 9.53 Å². The first-order chi connectivity index (χ1) is 14.2. The lowest BCUT2D eigenvalue weighted by atomic mass is 10.3. The first-order valence-corrected chi connectivity index (χ1v) is 11.2. The lowest BCUT2D eigenvalue weighted by Crippen LogP contribution is -2.45. The van der Waals surface area contributed by atoms with Gasteiger partial charge in [-0.05, 0) is 30.5 Å². The molecule has 3 aromatic rings. The van der Waals surface area contributed by atoms with Crippen molar-refractivity contribution in [3.8, 4) is 22.1 Å². The highest BCUT2D eigenvalue weighted by atomic mass is 32.2. The van der Waals surface area contributed by atoms with Crippen molar-refractivity contribution in [3.05, 3.63) is 41.8 Å². The second kappa shape index (κ2) is 8.98. The van der Waals surface area contributed by atoms with E-state index >= 15 is 0 Å². The summed E-state index contributed by atoms with van der Waals surface area (Å²) in [5.74, 6) is 1.84. The Labute approximate surface area is 177 Å². The number of aromatic nitrogens is 3. The molecule has 0 aliphatic carbocycles. The van der Waals surface area contributed by atoms with Gasteiger partial charge in [-0.2, -0.15) is 0 Å². The Balaban J connectivity index is 1.63. The third kappa shape index (κ3) is 4.31. The van der Waals surface area contributed by atoms with Gasteiger partial charge in [-0.15, -0.1) is 21.5 Å². The van der Waals surface area contributed by atoms with Crippen LogP contribution in [0.15, 0.2) is 46.9 Å². The van der Waals surface area contributed by atoms with Crippen LogP contribution in [0.3, 0.4) is 0 Å². The second-order valence-corrected chi connectivity index (χ2v) is 8.49. The van der Waals surface area contributed by atoms with Crippen molar-refractivity contribution in [1.29, 1.82) is 0 Å². The lowest BCUT2D eigenvalue weighted by Gasteiger charge is -2.31. The zero-order chi connectivity index (χ0) is 20.2. The highest BCUT2D eigenvalue weighted by molar-refractivity contribution is 7.99. The normalized spacial score (nSPS) is 16.8. The third-order valence-electron chi connectivity index (χ3n) is 4.62. The fourth-order valence-electron chi connectivity index (χ4n) is 3.22. The summed E-state index contributed by atoms with van der Waals surface area (Å²) in [6.07, 6.45) is 0.0698. The molecule has 0 bridgehead atoms. The van der Waals surface area contributed by atoms with E-state index in [1.54, 1.807) is 18.4 Å². The van der Waals surface area contributed by atoms with Crippen molar-refractivity contribution in [2.75, 3.05) is 32.6 Å². The molecule has 1 fully saturated rings. The Kier molecular flexibility index (Phi) is 6.17. The van der Waals surface area contributed by atoms with Gasteiger partial charge in [0, 0.05) is 13.1 Å². The minimum Gasteiger partial charge on any atom is -0.495 e. The first-order valence-electron chi connectivity index (χ1n) is 9.32. The number of hydrogen-bond acceptors (Lipinski definition) is 7. The largest absolute Gasteiger partial charge is 0.495 e. The number of methoxy groups -OCH3 is 1. The molecule has 1 saturated heterocycles. The molecule has 0 radical (unpaired) electrons. The number of ether oxygens (including phenoxy) is 2. The number of carbonyl (C=O) groups excluding carboxylic acids is 1. The highest BCUT2D eigenvalue weighted by Gasteiger charge is 2.24. The summed E-state index contributed by atoms with van der Waals surface area (Å²) < 4.78 is 13.0. The Morgan fingerprint density at radius 3 is 2.93 bits per heavy atom. The Morgan fingerprint density at radius 2 is 2.17 bits per heavy atom. The molecule has 1 aliphatic heterocycles. The maximum Gasteiger partial charge on any atom is 0.233 e. The summed E-state index contributed by atoms with van der Waals surface area (Å²) in [5.41, 5.74) is 0.846. The van der Waals surface area contributed by atoms with Gasteiger partial charge in [-0.3, -0.25) is 9.36 Å². The molecule has 1 aromatic carbocycles. The van der Waals surface area contributed by atoms with Crippen LogP contribution < -0.4 is 4.74 Å². The van der Waals surface area contributed by atoms with E-state index in [1.807, 2.05) is 58.2 Å². The van der Waals surface area contributed by atoms with Gasteiger partial charge in [0.1, 0.15) is 5.75 Å². The van der Waals surface area contributed by atoms with Gasteiger partial charge in [0.15, 0.2) is 11.0 Å². The molecule has 0 saturated carbocycles. The smallest absolute Gasteiger partial charge is 0.233 e. The minimum absolute atomic E-state index is 0.0698. The minimum atomic E-state index is 0.0698. The quantitative estimate of drug-likeness (QED) is 0.559. The zero-order valence-electron chi connectivity index (χ0n) is 16.3. The van der Waals surface area contributed by atoms with Crippen molar-refractivity contribution >= 4 is 29.0 Å². The van der Waals surface area contributed by atoms with Gasteiger partial charge in [-0.25, -0.2) is 0 Å². The van der Waals surface area contributed by atoms with Crippen molar-refractivity contribution in [3.63, 3.8) is 0 Å². The van der Waals surface area contributed by atoms with Crippen molar-refractivity contribution in [2.45, 2.75) is 18.2 Å². The molecular weight excluding hydrogens is 408 g/mol. The van der Waals surface area contributed by atoms with E-state index in [0.717, 1.165) is 22.1 Å². The van der Waals surface area contributed by atoms with E-state index in [2.05, 4.69) is 10.2 Å². The number of rotatable bonds is 6. The number of thioether (sulfide) groups is 1. The van der Waals surface area contributed by atoms with Crippen LogP contribution in [0.1, 0.15) is 6.92 Å². The number of thiophene rings is 1. The standard InChI is InChI=1S/C20H22N4O3S2/c1-14-12-23(9-10-27-14)18(25)13-29-20-22-21-19(17-8-5-11-28-17)24(20)15-6-3-4-7-16(15)26-2/h3-8,11,14H,9-10,12-13H2,1-2H3. The van der Waals surface area contributed by atoms with Crippen LogP contribution in [-0.4, -0.2) is 64.2 Å². The zero-order valence-corrected chi connectivity index (χ0v) is 17.9. The first kappa shape index (κ1) is 19.9. The molecule has 7 nitrogen and oxygen atoms in total. The number of nitrogens with zero attached hydrogens (tertiary/aromatic N) is 4. The topological polar surface area (TPSA) is 69.5 Å². The molecular formula is C20H22N4O3S2. The summed E-state index contributed by atoms with van der Waals surface area (Å²) in [5, 5.41) is 11.5. The molecule has 29 heavy (non-hydrogen) atoms. The van der Waals surface area contributed by atoms with Gasteiger partial charge in [-0.1, -0.05) is 30.0 Å². The summed E-state index contributed by atoms with van der Waals surface area (Å²) in [4.78, 5) is 15.5. The second-order valence-electron chi connectivity index (χ2n) is 6.60. The van der Waals surface area contributed by atoms with Crippen molar-refractivity contribution in [2.24, 2.45) is 0 Å². The molecule has 3 heterocycles. The lowest BCUT2D eigenvalue weighted by molar-refractivity contribution is -0.135. The Bertz CT molecular complexity index is 974. The van der Waals surface area contributed by atoms with Crippen molar-refractivity contribution in [1.82, 2.24) is 19.7 Å². The summed E-state index contributed by atoms with van der Waals surface area (Å²) >= 11 is 2.99. The maximum atomic E-state index is 12.7. The van der Waals surface area contributed by atoms with E-state index in [0.29, 0.717) is 30.6 Å². The monoisotopic (exact) mass is 430 g/mol. The van der Waals surface area contributed by atoms with Crippen LogP contribution in [0, 0.1) is 0 Å². The van der Waals surface area contributed by atoms with Crippen LogP contribution in [0.2, 0.25) is 0 Å². The van der Waals surface area contributed by atoms with E-state index in [1.165, 1.54) is 11.8 Å². The molecule has 4 rings (SSSR count). The average molecular weight is 431 g/mol. The number of morpholine rings is 1. The molecule has 0 N–H and O–H groups in total. The molecule has 1 amide bonds. The molecule has 0 spiro atoms. The van der Waals surface area contributed by atoms with Crippen LogP contribution in [0.25, 0.3) is 16.4 Å². The molecule has 9 heteroatoms. The summed E-state index contributed by atoms with van der Waals surface area (Å²) in [6.45, 7) is 3.82. The van der Waals surface area contributed by atoms with E-state index in [9.17, 15) is 4.79 Å². The van der Waals surface area contributed by atoms with E-state index in [-0.39, 0.29) is 12.0 Å². The van der Waals surface area contributed by atoms with E-state index in [4.69, 9.17) is 9.47 Å². The third-order valence-corrected chi connectivity index (χ3v) is 6.40. The summed E-state index contributed by atoms with van der Waals surface area (Å²) in [6, 6.07) is 11.7. The molecule has 1 atom stereocenters. The SMILES string of the molecule is COc1ccccc1-n1c(SCC(=O)N2CCOC(C)C2)nnc1-c1cccs1. The van der Waals surface area contributed by atoms with Crippen LogP contribution in [0.4, 0.5) is 0 Å². The molecule has 1 aliphatic rings. The van der Waals surface area contributed by atoms with Gasteiger partial charge in [0.25, 0.3) is 0 Å². The molecule has 1 unspecified atom stereocenters. The maximum absolute atomic E-state index is 12.7. The van der Waals surface area contributed by atoms with Gasteiger partial charge in [0.05, 0.1) is 36.1 Å². The van der Waals surface area contributed by atoms with Crippen LogP contribution >= 0.6 is 23.1 Å². The van der Waals surface area contributed by atoms with E-state index < -0.39 is 0 Å².